The summed E-state index contributed by atoms with van der Waals surface area (Å²) >= 11 is 0. The Morgan fingerprint density at radius 1 is 1.50 bits per heavy atom. The molecule has 3 rings (SSSR count). The fourth-order valence-electron chi connectivity index (χ4n) is 1.74. The monoisotopic (exact) mass is 190 g/mol. The Kier molecular flexibility index (Phi) is 1.43. The van der Waals surface area contributed by atoms with Crippen molar-refractivity contribution in [3.63, 3.8) is 0 Å². The Morgan fingerprint density at radius 2 is 2.43 bits per heavy atom. The van der Waals surface area contributed by atoms with Crippen LogP contribution in [0.15, 0.2) is 18.5 Å². The highest BCUT2D eigenvalue weighted by Crippen LogP contribution is 2.25. The van der Waals surface area contributed by atoms with Crippen LogP contribution in [0.4, 0.5) is 5.82 Å². The van der Waals surface area contributed by atoms with Gasteiger partial charge in [0.25, 0.3) is 0 Å². The van der Waals surface area contributed by atoms with E-state index >= 15 is 0 Å². The van der Waals surface area contributed by atoms with Crippen molar-refractivity contribution >= 4 is 11.3 Å². The zero-order valence-corrected chi connectivity index (χ0v) is 7.49. The molecule has 5 heteroatoms. The highest BCUT2D eigenvalue weighted by Gasteiger charge is 2.13. The number of nitrogens with zero attached hydrogens (tertiary/aromatic N) is 2. The number of hydrogen-bond acceptors (Lipinski definition) is 4. The lowest BCUT2D eigenvalue weighted by atomic mass is 10.3. The van der Waals surface area contributed by atoms with Crippen LogP contribution in [0.5, 0.6) is 5.75 Å². The molecule has 72 valence electrons. The second kappa shape index (κ2) is 2.62. The molecule has 0 saturated heterocycles. The molecule has 0 bridgehead atoms. The molecule has 0 saturated carbocycles. The van der Waals surface area contributed by atoms with Crippen molar-refractivity contribution in [2.24, 2.45) is 0 Å². The first-order chi connectivity index (χ1) is 6.86. The van der Waals surface area contributed by atoms with Gasteiger partial charge in [0.2, 0.25) is 0 Å². The number of rotatable bonds is 0. The third-order valence-corrected chi connectivity index (χ3v) is 2.43. The van der Waals surface area contributed by atoms with Crippen LogP contribution in [0.3, 0.4) is 0 Å². The number of hydrogen-bond donors (Lipinski definition) is 3. The third kappa shape index (κ3) is 0.898. The molecule has 0 unspecified atom stereocenters. The van der Waals surface area contributed by atoms with Gasteiger partial charge in [0.05, 0.1) is 18.6 Å². The van der Waals surface area contributed by atoms with Crippen LogP contribution < -0.4 is 10.6 Å². The molecular weight excluding hydrogens is 180 g/mol. The first-order valence-electron chi connectivity index (χ1n) is 4.49. The van der Waals surface area contributed by atoms with E-state index in [1.165, 1.54) is 0 Å². The van der Waals surface area contributed by atoms with Crippen LogP contribution >= 0.6 is 0 Å². The predicted octanol–water partition coefficient (Wildman–Crippen LogP) is 0.512. The van der Waals surface area contributed by atoms with E-state index in [-0.39, 0.29) is 5.75 Å². The number of anilines is 1. The molecule has 0 amide bonds. The lowest BCUT2D eigenvalue weighted by Gasteiger charge is -2.19. The molecule has 0 aliphatic carbocycles. The molecule has 3 N–H and O–H groups in total. The van der Waals surface area contributed by atoms with Crippen LogP contribution in [0.1, 0.15) is 5.69 Å². The molecule has 0 fully saturated rings. The predicted molar refractivity (Wildman–Crippen MR) is 52.2 cm³/mol. The summed E-state index contributed by atoms with van der Waals surface area (Å²) in [5, 5.41) is 15.9. The normalized spacial score (nSPS) is 15.1. The fraction of sp³-hybridized carbons (Fsp3) is 0.222. The van der Waals surface area contributed by atoms with E-state index in [1.54, 1.807) is 12.3 Å². The SMILES string of the molecule is Oc1ccn2c3c(ncc12)CNCN3. The quantitative estimate of drug-likeness (QED) is 0.566. The van der Waals surface area contributed by atoms with Crippen molar-refractivity contribution in [1.29, 1.82) is 0 Å². The lowest BCUT2D eigenvalue weighted by molar-refractivity contribution is 0.481. The zero-order chi connectivity index (χ0) is 9.54. The molecule has 1 aliphatic heterocycles. The first kappa shape index (κ1) is 7.64. The van der Waals surface area contributed by atoms with Gasteiger partial charge in [-0.1, -0.05) is 0 Å². The maximum absolute atomic E-state index is 9.51. The summed E-state index contributed by atoms with van der Waals surface area (Å²) in [7, 11) is 0. The second-order valence-corrected chi connectivity index (χ2v) is 3.29. The highest BCUT2D eigenvalue weighted by atomic mass is 16.3. The molecule has 2 aromatic rings. The summed E-state index contributed by atoms with van der Waals surface area (Å²) in [4.78, 5) is 4.27. The van der Waals surface area contributed by atoms with Crippen LogP contribution in [-0.4, -0.2) is 21.2 Å². The summed E-state index contributed by atoms with van der Waals surface area (Å²) in [6, 6.07) is 1.67. The van der Waals surface area contributed by atoms with Crippen molar-refractivity contribution in [3.8, 4) is 5.75 Å². The summed E-state index contributed by atoms with van der Waals surface area (Å²) in [5.74, 6) is 1.22. The first-order valence-corrected chi connectivity index (χ1v) is 4.49. The maximum Gasteiger partial charge on any atom is 0.142 e. The van der Waals surface area contributed by atoms with Crippen LogP contribution in [-0.2, 0) is 6.54 Å². The summed E-state index contributed by atoms with van der Waals surface area (Å²) in [6.45, 7) is 1.49. The molecule has 1 aliphatic rings. The van der Waals surface area contributed by atoms with Crippen molar-refractivity contribution in [3.05, 3.63) is 24.2 Å². The number of aromatic hydroxyl groups is 1. The molecule has 3 heterocycles. The molecule has 0 spiro atoms. The van der Waals surface area contributed by atoms with E-state index in [0.717, 1.165) is 30.2 Å². The third-order valence-electron chi connectivity index (χ3n) is 2.43. The van der Waals surface area contributed by atoms with Gasteiger partial charge in [-0.15, -0.1) is 0 Å². The molecule has 0 radical (unpaired) electrons. The van der Waals surface area contributed by atoms with Gasteiger partial charge < -0.3 is 10.4 Å². The summed E-state index contributed by atoms with van der Waals surface area (Å²) in [6.07, 6.45) is 3.52. The summed E-state index contributed by atoms with van der Waals surface area (Å²) < 4.78 is 1.92. The Hall–Kier alpha value is -1.75. The van der Waals surface area contributed by atoms with Gasteiger partial charge in [-0.3, -0.25) is 14.7 Å². The smallest absolute Gasteiger partial charge is 0.142 e. The van der Waals surface area contributed by atoms with Gasteiger partial charge >= 0.3 is 0 Å². The van der Waals surface area contributed by atoms with E-state index in [0.29, 0.717) is 0 Å². The average molecular weight is 190 g/mol. The van der Waals surface area contributed by atoms with E-state index < -0.39 is 0 Å². The average Bonchev–Trinajstić information content (AvgIpc) is 2.61. The number of fused-ring (bicyclic) bond motifs is 3. The summed E-state index contributed by atoms with van der Waals surface area (Å²) in [5.41, 5.74) is 1.71. The van der Waals surface area contributed by atoms with Crippen molar-refractivity contribution in [2.45, 2.75) is 6.54 Å². The van der Waals surface area contributed by atoms with Gasteiger partial charge in [-0.25, -0.2) is 0 Å². The number of aromatic nitrogens is 2. The molecule has 0 atom stereocenters. The van der Waals surface area contributed by atoms with Gasteiger partial charge in [-0.2, -0.15) is 0 Å². The van der Waals surface area contributed by atoms with Gasteiger partial charge in [-0.05, 0) is 6.07 Å². The zero-order valence-electron chi connectivity index (χ0n) is 7.49. The largest absolute Gasteiger partial charge is 0.506 e. The molecule has 2 aromatic heterocycles. The van der Waals surface area contributed by atoms with Crippen molar-refractivity contribution in [1.82, 2.24) is 14.7 Å². The maximum atomic E-state index is 9.51. The second-order valence-electron chi connectivity index (χ2n) is 3.29. The molecule has 14 heavy (non-hydrogen) atoms. The fourth-order valence-corrected chi connectivity index (χ4v) is 1.74. The topological polar surface area (TPSA) is 61.6 Å². The Bertz CT molecular complexity index is 491. The van der Waals surface area contributed by atoms with Crippen molar-refractivity contribution < 1.29 is 5.11 Å². The van der Waals surface area contributed by atoms with Gasteiger partial charge in [0.1, 0.15) is 17.1 Å². The van der Waals surface area contributed by atoms with E-state index in [9.17, 15) is 5.11 Å². The Labute approximate surface area is 80.4 Å². The van der Waals surface area contributed by atoms with Gasteiger partial charge in [0.15, 0.2) is 0 Å². The number of nitrogens with one attached hydrogen (secondary N) is 2. The van der Waals surface area contributed by atoms with E-state index in [4.69, 9.17) is 0 Å². The Morgan fingerprint density at radius 3 is 3.36 bits per heavy atom. The minimum Gasteiger partial charge on any atom is -0.506 e. The highest BCUT2D eigenvalue weighted by molar-refractivity contribution is 5.64. The van der Waals surface area contributed by atoms with Crippen LogP contribution in [0, 0.1) is 0 Å². The van der Waals surface area contributed by atoms with E-state index in [2.05, 4.69) is 15.6 Å². The standard InChI is InChI=1S/C9H10N4O/c14-8-1-2-13-7(8)4-11-6-3-10-5-12-9(6)13/h1-2,4,10,12,14H,3,5H2. The van der Waals surface area contributed by atoms with Gasteiger partial charge in [0, 0.05) is 12.7 Å². The lowest BCUT2D eigenvalue weighted by Crippen LogP contribution is -2.29. The van der Waals surface area contributed by atoms with E-state index in [1.807, 2.05) is 10.6 Å². The Balaban J connectivity index is 2.35. The van der Waals surface area contributed by atoms with Crippen molar-refractivity contribution in [2.75, 3.05) is 12.0 Å². The minimum atomic E-state index is 0.264. The minimum absolute atomic E-state index is 0.264. The van der Waals surface area contributed by atoms with Crippen LogP contribution in [0.25, 0.3) is 5.52 Å². The molecular formula is C9H10N4O. The molecule has 0 aromatic carbocycles. The molecule has 5 nitrogen and oxygen atoms in total. The van der Waals surface area contributed by atoms with Crippen LogP contribution in [0.2, 0.25) is 0 Å².